The highest BCUT2D eigenvalue weighted by molar-refractivity contribution is 5.01. The SMILES string of the molecule is CC1CC(C)CC(C(O)(CN)C2CC2)C1. The summed E-state index contributed by atoms with van der Waals surface area (Å²) in [7, 11) is 0. The van der Waals surface area contributed by atoms with Crippen LogP contribution in [0.5, 0.6) is 0 Å². The van der Waals surface area contributed by atoms with Gasteiger partial charge in [0.1, 0.15) is 0 Å². The number of hydrogen-bond donors (Lipinski definition) is 2. The number of nitrogens with two attached hydrogens (primary N) is 1. The first-order valence-electron chi connectivity index (χ1n) is 6.48. The zero-order valence-electron chi connectivity index (χ0n) is 10.1. The van der Waals surface area contributed by atoms with Gasteiger partial charge in [-0.25, -0.2) is 0 Å². The van der Waals surface area contributed by atoms with Gasteiger partial charge in [0.2, 0.25) is 0 Å². The van der Waals surface area contributed by atoms with Crippen LogP contribution in [0.2, 0.25) is 0 Å². The van der Waals surface area contributed by atoms with Crippen LogP contribution < -0.4 is 5.73 Å². The van der Waals surface area contributed by atoms with Crippen molar-refractivity contribution in [3.05, 3.63) is 0 Å². The van der Waals surface area contributed by atoms with Crippen LogP contribution in [0.25, 0.3) is 0 Å². The maximum Gasteiger partial charge on any atom is 0.0825 e. The van der Waals surface area contributed by atoms with Crippen molar-refractivity contribution in [2.24, 2.45) is 29.4 Å². The molecule has 0 aromatic carbocycles. The van der Waals surface area contributed by atoms with E-state index >= 15 is 0 Å². The van der Waals surface area contributed by atoms with E-state index < -0.39 is 5.60 Å². The first-order chi connectivity index (χ1) is 7.06. The summed E-state index contributed by atoms with van der Waals surface area (Å²) in [6.45, 7) is 5.08. The Bertz CT molecular complexity index is 217. The fraction of sp³-hybridized carbons (Fsp3) is 1.00. The van der Waals surface area contributed by atoms with Gasteiger partial charge in [0, 0.05) is 6.54 Å². The van der Waals surface area contributed by atoms with Crippen LogP contribution in [-0.2, 0) is 0 Å². The van der Waals surface area contributed by atoms with E-state index in [1.54, 1.807) is 0 Å². The van der Waals surface area contributed by atoms with Gasteiger partial charge >= 0.3 is 0 Å². The molecule has 15 heavy (non-hydrogen) atoms. The standard InChI is InChI=1S/C13H25NO/c1-9-5-10(2)7-12(6-9)13(15,8-14)11-3-4-11/h9-12,15H,3-8,14H2,1-2H3. The van der Waals surface area contributed by atoms with Crippen molar-refractivity contribution in [3.63, 3.8) is 0 Å². The molecule has 0 saturated heterocycles. The minimum Gasteiger partial charge on any atom is -0.388 e. The Balaban J connectivity index is 2.06. The fourth-order valence-electron chi connectivity index (χ4n) is 3.61. The Morgan fingerprint density at radius 1 is 1.07 bits per heavy atom. The van der Waals surface area contributed by atoms with Crippen LogP contribution >= 0.6 is 0 Å². The average molecular weight is 211 g/mol. The summed E-state index contributed by atoms with van der Waals surface area (Å²) in [5.74, 6) is 2.48. The van der Waals surface area contributed by atoms with Crippen LogP contribution in [0.1, 0.15) is 46.0 Å². The number of hydrogen-bond acceptors (Lipinski definition) is 2. The molecule has 0 aromatic heterocycles. The summed E-state index contributed by atoms with van der Waals surface area (Å²) in [5.41, 5.74) is 5.28. The molecule has 0 aromatic rings. The topological polar surface area (TPSA) is 46.2 Å². The zero-order valence-corrected chi connectivity index (χ0v) is 10.1. The molecule has 0 heterocycles. The van der Waals surface area contributed by atoms with Crippen molar-refractivity contribution >= 4 is 0 Å². The van der Waals surface area contributed by atoms with Crippen molar-refractivity contribution in [2.75, 3.05) is 6.54 Å². The summed E-state index contributed by atoms with van der Waals surface area (Å²) in [4.78, 5) is 0. The Morgan fingerprint density at radius 3 is 2.00 bits per heavy atom. The van der Waals surface area contributed by atoms with Crippen molar-refractivity contribution in [1.29, 1.82) is 0 Å². The van der Waals surface area contributed by atoms with E-state index in [2.05, 4.69) is 13.8 Å². The molecule has 2 saturated carbocycles. The smallest absolute Gasteiger partial charge is 0.0825 e. The highest BCUT2D eigenvalue weighted by Crippen LogP contribution is 2.49. The number of rotatable bonds is 3. The molecule has 2 rings (SSSR count). The molecule has 3 N–H and O–H groups in total. The maximum atomic E-state index is 10.7. The third kappa shape index (κ3) is 2.21. The van der Waals surface area contributed by atoms with Crippen molar-refractivity contribution in [2.45, 2.75) is 51.6 Å². The molecule has 3 atom stereocenters. The van der Waals surface area contributed by atoms with Crippen LogP contribution in [0, 0.1) is 23.7 Å². The molecule has 2 fully saturated rings. The molecule has 3 unspecified atom stereocenters. The highest BCUT2D eigenvalue weighted by Gasteiger charge is 2.49. The van der Waals surface area contributed by atoms with Crippen molar-refractivity contribution in [1.82, 2.24) is 0 Å². The molecular formula is C13H25NO. The summed E-state index contributed by atoms with van der Waals surface area (Å²) >= 11 is 0. The predicted molar refractivity (Wildman–Crippen MR) is 62.4 cm³/mol. The molecule has 0 aliphatic heterocycles. The predicted octanol–water partition coefficient (Wildman–Crippen LogP) is 2.16. The van der Waals surface area contributed by atoms with Crippen LogP contribution in [0.3, 0.4) is 0 Å². The fourth-order valence-corrected chi connectivity index (χ4v) is 3.61. The third-order valence-corrected chi connectivity index (χ3v) is 4.50. The van der Waals surface area contributed by atoms with E-state index in [9.17, 15) is 5.11 Å². The zero-order chi connectivity index (χ0) is 11.1. The quantitative estimate of drug-likeness (QED) is 0.751. The monoisotopic (exact) mass is 211 g/mol. The summed E-state index contributed by atoms with van der Waals surface area (Å²) in [6.07, 6.45) is 6.05. The second-order valence-electron chi connectivity index (χ2n) is 6.08. The molecule has 88 valence electrons. The molecule has 2 heteroatoms. The van der Waals surface area contributed by atoms with E-state index in [0.717, 1.165) is 11.8 Å². The van der Waals surface area contributed by atoms with Gasteiger partial charge in [0.05, 0.1) is 5.60 Å². The molecule has 0 spiro atoms. The molecule has 0 radical (unpaired) electrons. The van der Waals surface area contributed by atoms with E-state index in [0.29, 0.717) is 18.4 Å². The molecule has 0 amide bonds. The molecule has 2 nitrogen and oxygen atoms in total. The third-order valence-electron chi connectivity index (χ3n) is 4.50. The van der Waals surface area contributed by atoms with Gasteiger partial charge in [-0.3, -0.25) is 0 Å². The van der Waals surface area contributed by atoms with Gasteiger partial charge in [-0.1, -0.05) is 13.8 Å². The molecule has 2 aliphatic carbocycles. The van der Waals surface area contributed by atoms with Gasteiger partial charge in [-0.05, 0) is 55.8 Å². The molecule has 2 aliphatic rings. The van der Waals surface area contributed by atoms with Gasteiger partial charge in [0.15, 0.2) is 0 Å². The normalized spacial score (nSPS) is 41.2. The lowest BCUT2D eigenvalue weighted by Crippen LogP contribution is -2.49. The average Bonchev–Trinajstić information content (AvgIpc) is 2.98. The molecular weight excluding hydrogens is 186 g/mol. The maximum absolute atomic E-state index is 10.7. The first-order valence-corrected chi connectivity index (χ1v) is 6.48. The van der Waals surface area contributed by atoms with Gasteiger partial charge < -0.3 is 10.8 Å². The van der Waals surface area contributed by atoms with Gasteiger partial charge in [-0.15, -0.1) is 0 Å². The summed E-state index contributed by atoms with van der Waals surface area (Å²) < 4.78 is 0. The van der Waals surface area contributed by atoms with Crippen molar-refractivity contribution in [3.8, 4) is 0 Å². The first kappa shape index (κ1) is 11.4. The Morgan fingerprint density at radius 2 is 1.60 bits per heavy atom. The second kappa shape index (κ2) is 4.06. The van der Waals surface area contributed by atoms with Crippen LogP contribution in [0.4, 0.5) is 0 Å². The van der Waals surface area contributed by atoms with Crippen LogP contribution in [0.15, 0.2) is 0 Å². The van der Waals surface area contributed by atoms with Crippen LogP contribution in [-0.4, -0.2) is 17.3 Å². The number of aliphatic hydroxyl groups is 1. The van der Waals surface area contributed by atoms with Crippen molar-refractivity contribution < 1.29 is 5.11 Å². The minimum absolute atomic E-state index is 0.453. The van der Waals surface area contributed by atoms with Gasteiger partial charge in [-0.2, -0.15) is 0 Å². The largest absolute Gasteiger partial charge is 0.388 e. The van der Waals surface area contributed by atoms with E-state index in [1.807, 2.05) is 0 Å². The van der Waals surface area contributed by atoms with E-state index in [4.69, 9.17) is 5.73 Å². The highest BCUT2D eigenvalue weighted by atomic mass is 16.3. The lowest BCUT2D eigenvalue weighted by atomic mass is 9.68. The molecule has 0 bridgehead atoms. The Hall–Kier alpha value is -0.0800. The Kier molecular flexibility index (Phi) is 3.09. The second-order valence-corrected chi connectivity index (χ2v) is 6.08. The summed E-state index contributed by atoms with van der Waals surface area (Å²) in [6, 6.07) is 0. The minimum atomic E-state index is -0.539. The lowest BCUT2D eigenvalue weighted by molar-refractivity contribution is -0.0587. The Labute approximate surface area is 93.2 Å². The lowest BCUT2D eigenvalue weighted by Gasteiger charge is -2.42. The van der Waals surface area contributed by atoms with E-state index in [-0.39, 0.29) is 0 Å². The van der Waals surface area contributed by atoms with Gasteiger partial charge in [0.25, 0.3) is 0 Å². The summed E-state index contributed by atoms with van der Waals surface area (Å²) in [5, 5.41) is 10.7. The van der Waals surface area contributed by atoms with E-state index in [1.165, 1.54) is 32.1 Å².